The molecule has 0 saturated heterocycles. The zero-order valence-corrected chi connectivity index (χ0v) is 19.2. The monoisotopic (exact) mass is 462 g/mol. The Balaban J connectivity index is -0.000000202. The van der Waals surface area contributed by atoms with Crippen LogP contribution in [0.3, 0.4) is 0 Å². The molecule has 0 aromatic heterocycles. The highest BCUT2D eigenvalue weighted by atomic mass is 35.5. The fraction of sp³-hybridized carbons (Fsp3) is 0.750. The molecule has 0 bridgehead atoms. The summed E-state index contributed by atoms with van der Waals surface area (Å²) in [5.74, 6) is 1.71. The van der Waals surface area contributed by atoms with Crippen LogP contribution in [0.25, 0.3) is 0 Å². The fourth-order valence-electron chi connectivity index (χ4n) is 1.19. The Kier molecular flexibility index (Phi) is 19.2. The van der Waals surface area contributed by atoms with E-state index in [4.69, 9.17) is 25.0 Å². The highest BCUT2D eigenvalue weighted by molar-refractivity contribution is 5.85. The quantitative estimate of drug-likeness (QED) is 0.234. The third-order valence-corrected chi connectivity index (χ3v) is 2.34. The first-order chi connectivity index (χ1) is 13.0. The highest BCUT2D eigenvalue weighted by Gasteiger charge is 2.21. The van der Waals surface area contributed by atoms with E-state index >= 15 is 0 Å². The second-order valence-corrected chi connectivity index (χ2v) is 7.55. The molecule has 0 fully saturated rings. The summed E-state index contributed by atoms with van der Waals surface area (Å²) in [4.78, 5) is 43.2. The van der Waals surface area contributed by atoms with Crippen LogP contribution >= 0.6 is 12.4 Å². The van der Waals surface area contributed by atoms with Gasteiger partial charge in [0.15, 0.2) is 0 Å². The second-order valence-electron chi connectivity index (χ2n) is 7.55. The molecule has 2 atom stereocenters. The van der Waals surface area contributed by atoms with Gasteiger partial charge in [-0.3, -0.25) is 14.8 Å². The fourth-order valence-corrected chi connectivity index (χ4v) is 1.19. The molecule has 0 saturated carbocycles. The molecule has 0 spiro atoms. The molecule has 0 aromatic rings. The van der Waals surface area contributed by atoms with Crippen LogP contribution in [0.2, 0.25) is 0 Å². The zero-order valence-electron chi connectivity index (χ0n) is 18.4. The van der Waals surface area contributed by atoms with Gasteiger partial charge in [-0.1, -0.05) is 0 Å². The molecule has 0 rings (SSSR count). The summed E-state index contributed by atoms with van der Waals surface area (Å²) in [6.07, 6.45) is -1.42. The number of amides is 3. The number of carbonyl (C=O) groups excluding carboxylic acids is 3. The number of rotatable bonds is 4. The lowest BCUT2D eigenvalue weighted by Crippen LogP contribution is -2.45. The van der Waals surface area contributed by atoms with Gasteiger partial charge in [0.1, 0.15) is 23.3 Å². The van der Waals surface area contributed by atoms with Crippen LogP contribution in [-0.2, 0) is 19.1 Å². The maximum absolute atomic E-state index is 11.1. The van der Waals surface area contributed by atoms with Crippen molar-refractivity contribution in [2.24, 2.45) is 5.90 Å². The number of hydrogen-bond acceptors (Lipinski definition) is 9. The van der Waals surface area contributed by atoms with Crippen molar-refractivity contribution in [2.45, 2.75) is 78.7 Å². The van der Waals surface area contributed by atoms with Crippen molar-refractivity contribution in [1.82, 2.24) is 16.1 Å². The number of halogens is 1. The number of carboxylic acids is 1. The Labute approximate surface area is 182 Å². The minimum absolute atomic E-state index is 0. The lowest BCUT2D eigenvalue weighted by molar-refractivity contribution is -0.139. The number of carboxylic acid groups (broad SMARTS) is 1. The van der Waals surface area contributed by atoms with Crippen LogP contribution in [0, 0.1) is 0 Å². The molecule has 0 heterocycles. The molecule has 13 nitrogen and oxygen atoms in total. The van der Waals surface area contributed by atoms with Gasteiger partial charge in [-0.2, -0.15) is 0 Å². The topological polar surface area (TPSA) is 210 Å². The number of carbonyl (C=O) groups is 4. The van der Waals surface area contributed by atoms with Gasteiger partial charge < -0.3 is 30.4 Å². The van der Waals surface area contributed by atoms with E-state index in [2.05, 4.69) is 16.5 Å². The summed E-state index contributed by atoms with van der Waals surface area (Å²) in [7, 11) is 0. The second kappa shape index (κ2) is 16.4. The third-order valence-electron chi connectivity index (χ3n) is 2.34. The van der Waals surface area contributed by atoms with Crippen molar-refractivity contribution in [3.8, 4) is 0 Å². The SMILES string of the molecule is C[C@@H](NC(=O)OC(C)(C)C)C(=O)NO.C[C@@H](NC(=O)OC(C)(C)C)C(=O)O.Cl.NO. The minimum Gasteiger partial charge on any atom is -0.480 e. The van der Waals surface area contributed by atoms with E-state index in [0.29, 0.717) is 0 Å². The van der Waals surface area contributed by atoms with Gasteiger partial charge in [0.2, 0.25) is 0 Å². The van der Waals surface area contributed by atoms with E-state index in [1.54, 1.807) is 41.5 Å². The molecule has 14 heteroatoms. The Morgan fingerprint density at radius 2 is 1.10 bits per heavy atom. The van der Waals surface area contributed by atoms with E-state index in [1.165, 1.54) is 19.3 Å². The predicted octanol–water partition coefficient (Wildman–Crippen LogP) is 1.15. The highest BCUT2D eigenvalue weighted by Crippen LogP contribution is 2.07. The number of hydroxylamine groups is 1. The third kappa shape index (κ3) is 23.7. The maximum Gasteiger partial charge on any atom is 0.408 e. The molecular formula is C16H35ClN4O9. The first kappa shape index (κ1) is 35.1. The van der Waals surface area contributed by atoms with Crippen LogP contribution < -0.4 is 22.0 Å². The summed E-state index contributed by atoms with van der Waals surface area (Å²) < 4.78 is 9.74. The number of nitrogens with one attached hydrogen (secondary N) is 3. The molecular weight excluding hydrogens is 428 g/mol. The Morgan fingerprint density at radius 3 is 1.33 bits per heavy atom. The molecule has 180 valence electrons. The summed E-state index contributed by atoms with van der Waals surface area (Å²) in [6.45, 7) is 13.0. The van der Waals surface area contributed by atoms with Crippen molar-refractivity contribution in [1.29, 1.82) is 0 Å². The molecule has 0 aromatic carbocycles. The van der Waals surface area contributed by atoms with Crippen LogP contribution in [0.15, 0.2) is 0 Å². The van der Waals surface area contributed by atoms with E-state index in [-0.39, 0.29) is 12.4 Å². The van der Waals surface area contributed by atoms with Crippen LogP contribution in [-0.4, -0.2) is 62.9 Å². The van der Waals surface area contributed by atoms with Crippen molar-refractivity contribution in [3.05, 3.63) is 0 Å². The minimum atomic E-state index is -1.09. The zero-order chi connectivity index (χ0) is 24.0. The van der Waals surface area contributed by atoms with Gasteiger partial charge in [-0.25, -0.2) is 21.0 Å². The molecule has 3 amide bonds. The summed E-state index contributed by atoms with van der Waals surface area (Å²) >= 11 is 0. The summed E-state index contributed by atoms with van der Waals surface area (Å²) in [6, 6.07) is -1.77. The summed E-state index contributed by atoms with van der Waals surface area (Å²) in [5, 5.41) is 27.6. The molecule has 30 heavy (non-hydrogen) atoms. The molecule has 0 aliphatic heterocycles. The number of aliphatic carboxylic acids is 1. The smallest absolute Gasteiger partial charge is 0.408 e. The van der Waals surface area contributed by atoms with Gasteiger partial charge >= 0.3 is 18.2 Å². The Morgan fingerprint density at radius 1 is 0.800 bits per heavy atom. The Hall–Kier alpha value is -2.35. The normalized spacial score (nSPS) is 12.0. The lowest BCUT2D eigenvalue weighted by Gasteiger charge is -2.21. The van der Waals surface area contributed by atoms with E-state index < -0.39 is 47.3 Å². The van der Waals surface area contributed by atoms with Gasteiger partial charge in [-0.05, 0) is 55.4 Å². The maximum atomic E-state index is 11.1. The van der Waals surface area contributed by atoms with Gasteiger partial charge in [-0.15, -0.1) is 12.4 Å². The summed E-state index contributed by atoms with van der Waals surface area (Å²) in [5.41, 5.74) is 0.203. The van der Waals surface area contributed by atoms with Crippen molar-refractivity contribution in [2.75, 3.05) is 0 Å². The molecule has 0 radical (unpaired) electrons. The first-order valence-electron chi connectivity index (χ1n) is 8.40. The van der Waals surface area contributed by atoms with Gasteiger partial charge in [0.25, 0.3) is 5.91 Å². The average molecular weight is 463 g/mol. The van der Waals surface area contributed by atoms with E-state index in [0.717, 1.165) is 0 Å². The van der Waals surface area contributed by atoms with Crippen LogP contribution in [0.5, 0.6) is 0 Å². The number of nitrogens with two attached hydrogens (primary N) is 1. The van der Waals surface area contributed by atoms with Crippen molar-refractivity contribution in [3.63, 3.8) is 0 Å². The van der Waals surface area contributed by atoms with Gasteiger partial charge in [0.05, 0.1) is 0 Å². The van der Waals surface area contributed by atoms with Gasteiger partial charge in [0, 0.05) is 0 Å². The van der Waals surface area contributed by atoms with E-state index in [1.807, 2.05) is 0 Å². The number of alkyl carbamates (subject to hydrolysis) is 2. The largest absolute Gasteiger partial charge is 0.480 e. The number of ether oxygens (including phenoxy) is 2. The molecule has 0 unspecified atom stereocenters. The van der Waals surface area contributed by atoms with Crippen LogP contribution in [0.1, 0.15) is 55.4 Å². The standard InChI is InChI=1S/C8H16N2O4.C8H15NO4.ClH.H3NO/c1-5(6(11)10-13)9-7(12)14-8(2,3)4;1-5(6(10)11)9-7(12)13-8(2,3)4;;1-2/h5,13H,1-4H3,(H,9,12)(H,10,11);5H,1-4H3,(H,9,12)(H,10,11);1H;2H,1H2/t2*5-;;/m11../s1. The first-order valence-corrected chi connectivity index (χ1v) is 8.40. The van der Waals surface area contributed by atoms with Crippen molar-refractivity contribution >= 4 is 36.5 Å². The predicted molar refractivity (Wildman–Crippen MR) is 108 cm³/mol. The number of hydrogen-bond donors (Lipinski definition) is 7. The lowest BCUT2D eigenvalue weighted by atomic mass is 10.2. The molecule has 8 N–H and O–H groups in total. The Bertz CT molecular complexity index is 534. The molecule has 0 aliphatic carbocycles. The average Bonchev–Trinajstić information content (AvgIpc) is 2.52. The van der Waals surface area contributed by atoms with Crippen molar-refractivity contribution < 1.29 is 44.2 Å². The van der Waals surface area contributed by atoms with E-state index in [9.17, 15) is 19.2 Å². The van der Waals surface area contributed by atoms with Crippen LogP contribution in [0.4, 0.5) is 9.59 Å². The molecule has 0 aliphatic rings.